The Labute approximate surface area is 199 Å². The van der Waals surface area contributed by atoms with Crippen LogP contribution >= 0.6 is 11.6 Å². The number of carbonyl (C=O) groups is 3. The summed E-state index contributed by atoms with van der Waals surface area (Å²) < 4.78 is 15.3. The summed E-state index contributed by atoms with van der Waals surface area (Å²) in [5.74, 6) is -2.53. The van der Waals surface area contributed by atoms with Gasteiger partial charge in [-0.1, -0.05) is 23.7 Å². The Balaban J connectivity index is 1.77. The van der Waals surface area contributed by atoms with Gasteiger partial charge in [0.2, 0.25) is 11.8 Å². The number of benzene rings is 2. The number of nitrogen functional groups attached to an aromatic ring is 1. The number of halogens is 2. The molecule has 3 amide bonds. The van der Waals surface area contributed by atoms with Gasteiger partial charge in [0.1, 0.15) is 12.4 Å². The van der Waals surface area contributed by atoms with E-state index in [0.29, 0.717) is 16.6 Å². The lowest BCUT2D eigenvalue weighted by molar-refractivity contribution is -0.139. The normalized spacial score (nSPS) is 11.9. The van der Waals surface area contributed by atoms with Crippen molar-refractivity contribution in [2.45, 2.75) is 26.1 Å². The molecule has 0 saturated carbocycles. The number of aliphatic hydroxyl groups excluding tert-OH is 1. The number of primary amides is 1. The Kier molecular flexibility index (Phi) is 7.69. The summed E-state index contributed by atoms with van der Waals surface area (Å²) in [4.78, 5) is 38.5. The molecule has 0 radical (unpaired) electrons. The second kappa shape index (κ2) is 10.5. The lowest BCUT2D eigenvalue weighted by Gasteiger charge is -2.27. The van der Waals surface area contributed by atoms with Gasteiger partial charge in [0.25, 0.3) is 5.91 Å². The molecule has 0 spiro atoms. The fraction of sp³-hybridized carbons (Fsp3) is 0.273. The van der Waals surface area contributed by atoms with E-state index < -0.39 is 42.7 Å². The number of nitrogens with zero attached hydrogens (tertiary/aromatic N) is 3. The average Bonchev–Trinajstić information content (AvgIpc) is 3.15. The van der Waals surface area contributed by atoms with Crippen molar-refractivity contribution in [1.82, 2.24) is 20.0 Å². The van der Waals surface area contributed by atoms with Gasteiger partial charge in [0.15, 0.2) is 5.69 Å². The number of hydrogen-bond donors (Lipinski definition) is 4. The van der Waals surface area contributed by atoms with Crippen molar-refractivity contribution >= 4 is 45.9 Å². The zero-order valence-electron chi connectivity index (χ0n) is 18.3. The molecule has 6 N–H and O–H groups in total. The molecule has 1 atom stereocenters. The summed E-state index contributed by atoms with van der Waals surface area (Å²) in [6, 6.07) is 8.44. The summed E-state index contributed by atoms with van der Waals surface area (Å²) >= 11 is 5.75. The predicted molar refractivity (Wildman–Crippen MR) is 124 cm³/mol. The van der Waals surface area contributed by atoms with Crippen molar-refractivity contribution in [2.24, 2.45) is 5.73 Å². The van der Waals surface area contributed by atoms with Crippen LogP contribution in [0.2, 0.25) is 5.02 Å². The first-order valence-electron chi connectivity index (χ1n) is 10.3. The van der Waals surface area contributed by atoms with E-state index in [2.05, 4.69) is 10.4 Å². The minimum absolute atomic E-state index is 0.0434. The molecule has 12 heteroatoms. The molecule has 0 aliphatic rings. The van der Waals surface area contributed by atoms with Gasteiger partial charge in [-0.25, -0.2) is 4.39 Å². The van der Waals surface area contributed by atoms with Crippen LogP contribution in [-0.4, -0.2) is 56.7 Å². The van der Waals surface area contributed by atoms with Crippen molar-refractivity contribution in [1.29, 1.82) is 0 Å². The molecule has 1 aromatic heterocycles. The van der Waals surface area contributed by atoms with E-state index in [1.807, 2.05) is 0 Å². The maximum Gasteiger partial charge on any atom is 0.269 e. The van der Waals surface area contributed by atoms with Crippen LogP contribution in [0.1, 0.15) is 23.0 Å². The maximum absolute atomic E-state index is 14.0. The van der Waals surface area contributed by atoms with Gasteiger partial charge >= 0.3 is 0 Å². The molecule has 0 bridgehead atoms. The van der Waals surface area contributed by atoms with E-state index in [-0.39, 0.29) is 29.4 Å². The van der Waals surface area contributed by atoms with E-state index in [1.165, 1.54) is 27.8 Å². The van der Waals surface area contributed by atoms with E-state index in [4.69, 9.17) is 23.1 Å². The third-order valence-corrected chi connectivity index (χ3v) is 5.52. The lowest BCUT2D eigenvalue weighted by Crippen LogP contribution is -2.47. The van der Waals surface area contributed by atoms with Crippen LogP contribution in [0.15, 0.2) is 36.4 Å². The SMILES string of the molecule is CC(CO)N(CC(=O)NCc1cccc(Cl)c1F)C(=O)Cn1nc(C(N)=O)c2cc(N)ccc21. The van der Waals surface area contributed by atoms with Crippen LogP contribution in [0, 0.1) is 5.82 Å². The fourth-order valence-electron chi connectivity index (χ4n) is 3.40. The van der Waals surface area contributed by atoms with Gasteiger partial charge in [-0.3, -0.25) is 19.1 Å². The molecule has 3 rings (SSSR count). The van der Waals surface area contributed by atoms with E-state index in [0.717, 1.165) is 0 Å². The molecule has 34 heavy (non-hydrogen) atoms. The number of hydrogen-bond acceptors (Lipinski definition) is 6. The van der Waals surface area contributed by atoms with Gasteiger partial charge in [-0.05, 0) is 31.2 Å². The highest BCUT2D eigenvalue weighted by Gasteiger charge is 2.25. The first kappa shape index (κ1) is 24.9. The van der Waals surface area contributed by atoms with Gasteiger partial charge in [0.05, 0.1) is 29.7 Å². The zero-order chi connectivity index (χ0) is 25.0. The smallest absolute Gasteiger partial charge is 0.269 e. The molecule has 0 aliphatic carbocycles. The Bertz CT molecular complexity index is 1250. The maximum atomic E-state index is 14.0. The molecule has 180 valence electrons. The van der Waals surface area contributed by atoms with Crippen molar-refractivity contribution in [2.75, 3.05) is 18.9 Å². The summed E-state index contributed by atoms with van der Waals surface area (Å²) in [5.41, 5.74) is 12.2. The number of fused-ring (bicyclic) bond motifs is 1. The van der Waals surface area contributed by atoms with Crippen LogP contribution in [0.5, 0.6) is 0 Å². The minimum Gasteiger partial charge on any atom is -0.399 e. The minimum atomic E-state index is -0.782. The number of aliphatic hydroxyl groups is 1. The molecule has 1 unspecified atom stereocenters. The molecular weight excluding hydrogens is 467 g/mol. The Hall–Kier alpha value is -3.70. The second-order valence-corrected chi connectivity index (χ2v) is 8.10. The number of amides is 3. The first-order chi connectivity index (χ1) is 16.1. The molecule has 2 aromatic carbocycles. The highest BCUT2D eigenvalue weighted by molar-refractivity contribution is 6.30. The highest BCUT2D eigenvalue weighted by Crippen LogP contribution is 2.22. The van der Waals surface area contributed by atoms with Crippen molar-refractivity contribution in [3.05, 3.63) is 58.5 Å². The van der Waals surface area contributed by atoms with Gasteiger partial charge in [-0.15, -0.1) is 0 Å². The highest BCUT2D eigenvalue weighted by atomic mass is 35.5. The number of rotatable bonds is 9. The van der Waals surface area contributed by atoms with Gasteiger partial charge < -0.3 is 26.8 Å². The third-order valence-electron chi connectivity index (χ3n) is 5.23. The summed E-state index contributed by atoms with van der Waals surface area (Å²) in [6.07, 6.45) is 0. The number of nitrogens with two attached hydrogens (primary N) is 2. The van der Waals surface area contributed by atoms with Crippen LogP contribution < -0.4 is 16.8 Å². The topological polar surface area (TPSA) is 157 Å². The third kappa shape index (κ3) is 5.43. The Morgan fingerprint density at radius 1 is 1.29 bits per heavy atom. The monoisotopic (exact) mass is 490 g/mol. The first-order valence-corrected chi connectivity index (χ1v) is 10.7. The quantitative estimate of drug-likeness (QED) is 0.328. The van der Waals surface area contributed by atoms with E-state index >= 15 is 0 Å². The lowest BCUT2D eigenvalue weighted by atomic mass is 10.2. The number of carbonyl (C=O) groups excluding carboxylic acids is 3. The van der Waals surface area contributed by atoms with Crippen LogP contribution in [0.25, 0.3) is 10.9 Å². The summed E-state index contributed by atoms with van der Waals surface area (Å²) in [5, 5.41) is 16.6. The average molecular weight is 491 g/mol. The molecule has 1 heterocycles. The predicted octanol–water partition coefficient (Wildman–Crippen LogP) is 1.04. The number of nitrogens with one attached hydrogen (secondary N) is 1. The molecule has 0 aliphatic heterocycles. The molecule has 3 aromatic rings. The molecular formula is C22H24ClFN6O4. The van der Waals surface area contributed by atoms with Crippen LogP contribution in [-0.2, 0) is 22.7 Å². The van der Waals surface area contributed by atoms with Crippen molar-refractivity contribution in [3.63, 3.8) is 0 Å². The molecule has 0 saturated heterocycles. The Morgan fingerprint density at radius 3 is 2.71 bits per heavy atom. The summed E-state index contributed by atoms with van der Waals surface area (Å²) in [7, 11) is 0. The fourth-order valence-corrected chi connectivity index (χ4v) is 3.59. The van der Waals surface area contributed by atoms with Crippen LogP contribution in [0.4, 0.5) is 10.1 Å². The van der Waals surface area contributed by atoms with Gasteiger partial charge in [-0.2, -0.15) is 5.10 Å². The zero-order valence-corrected chi connectivity index (χ0v) is 19.1. The van der Waals surface area contributed by atoms with Gasteiger partial charge in [0, 0.05) is 23.2 Å². The number of aromatic nitrogens is 2. The largest absolute Gasteiger partial charge is 0.399 e. The van der Waals surface area contributed by atoms with Crippen molar-refractivity contribution < 1.29 is 23.9 Å². The van der Waals surface area contributed by atoms with Crippen LogP contribution in [0.3, 0.4) is 0 Å². The second-order valence-electron chi connectivity index (χ2n) is 7.69. The summed E-state index contributed by atoms with van der Waals surface area (Å²) in [6.45, 7) is 0.323. The molecule has 0 fully saturated rings. The standard InChI is InChI=1S/C22H24ClFN6O4/c1-12(11-31)29(9-18(32)27-8-13-3-2-4-16(23)20(13)24)19(33)10-30-17-6-5-14(25)7-15(17)21(28-30)22(26)34/h2-7,12,31H,8-11,25H2,1H3,(H2,26,34)(H,27,32). The number of anilines is 1. The van der Waals surface area contributed by atoms with Crippen molar-refractivity contribution in [3.8, 4) is 0 Å². The van der Waals surface area contributed by atoms with E-state index in [9.17, 15) is 23.9 Å². The Morgan fingerprint density at radius 2 is 2.03 bits per heavy atom. The molecule has 10 nitrogen and oxygen atoms in total. The van der Waals surface area contributed by atoms with E-state index in [1.54, 1.807) is 25.1 Å².